The molecule has 88 valence electrons. The van der Waals surface area contributed by atoms with Crippen LogP contribution in [0, 0.1) is 6.92 Å². The molecule has 1 amide bonds. The zero-order chi connectivity index (χ0) is 12.4. The molecule has 0 bridgehead atoms. The van der Waals surface area contributed by atoms with E-state index < -0.39 is 0 Å². The number of benzene rings is 1. The Bertz CT molecular complexity index is 567. The van der Waals surface area contributed by atoms with Crippen molar-refractivity contribution in [2.45, 2.75) is 6.92 Å². The molecule has 0 aliphatic carbocycles. The van der Waals surface area contributed by atoms with Gasteiger partial charge in [0.05, 0.1) is 5.56 Å². The number of H-pyrrole nitrogens is 1. The molecule has 7 heteroatoms. The zero-order valence-corrected chi connectivity index (χ0v) is 12.0. The number of aromatic amines is 1. The lowest BCUT2D eigenvalue weighted by molar-refractivity contribution is 0.102. The van der Waals surface area contributed by atoms with Crippen LogP contribution in [0.1, 0.15) is 16.2 Å². The number of hydrogen-bond acceptors (Lipinski definition) is 3. The van der Waals surface area contributed by atoms with Gasteiger partial charge in [-0.1, -0.05) is 15.9 Å². The number of halogens is 2. The lowest BCUT2D eigenvalue weighted by Crippen LogP contribution is -2.13. The molecule has 2 aromatic rings. The Morgan fingerprint density at radius 1 is 1.41 bits per heavy atom. The van der Waals surface area contributed by atoms with E-state index in [1.165, 1.54) is 0 Å². The Hall–Kier alpha value is -1.21. The number of carbonyl (C=O) groups is 1. The molecule has 0 saturated heterocycles. The number of amides is 1. The van der Waals surface area contributed by atoms with E-state index in [4.69, 9.17) is 0 Å². The second-order valence-electron chi connectivity index (χ2n) is 3.32. The molecule has 2 rings (SSSR count). The molecule has 0 fully saturated rings. The van der Waals surface area contributed by atoms with Gasteiger partial charge < -0.3 is 0 Å². The second-order valence-corrected chi connectivity index (χ2v) is 5.09. The van der Waals surface area contributed by atoms with Crippen LogP contribution in [0.5, 0.6) is 0 Å². The topological polar surface area (TPSA) is 70.7 Å². The fourth-order valence-corrected chi connectivity index (χ4v) is 2.47. The Morgan fingerprint density at radius 2 is 2.18 bits per heavy atom. The lowest BCUT2D eigenvalue weighted by Gasteiger charge is -2.03. The summed E-state index contributed by atoms with van der Waals surface area (Å²) in [7, 11) is 0. The number of nitrogens with zero attached hydrogens (tertiary/aromatic N) is 2. The first-order valence-corrected chi connectivity index (χ1v) is 6.30. The summed E-state index contributed by atoms with van der Waals surface area (Å²) in [5.74, 6) is 0.654. The van der Waals surface area contributed by atoms with Crippen LogP contribution in [0.3, 0.4) is 0 Å². The average Bonchev–Trinajstić information content (AvgIpc) is 2.63. The summed E-state index contributed by atoms with van der Waals surface area (Å²) in [4.78, 5) is 15.9. The third-order valence-corrected chi connectivity index (χ3v) is 3.15. The van der Waals surface area contributed by atoms with Crippen molar-refractivity contribution < 1.29 is 4.79 Å². The minimum Gasteiger partial charge on any atom is -0.289 e. The number of aryl methyl sites for hydroxylation is 1. The molecule has 1 aromatic carbocycles. The van der Waals surface area contributed by atoms with Crippen LogP contribution >= 0.6 is 31.9 Å². The van der Waals surface area contributed by atoms with Gasteiger partial charge in [-0.3, -0.25) is 15.2 Å². The number of rotatable bonds is 2. The molecule has 0 radical (unpaired) electrons. The molecule has 0 atom stereocenters. The molecule has 1 heterocycles. The predicted molar refractivity (Wildman–Crippen MR) is 70.9 cm³/mol. The third-order valence-electron chi connectivity index (χ3n) is 2.00. The fraction of sp³-hybridized carbons (Fsp3) is 0.100. The number of carbonyl (C=O) groups excluding carboxylic acids is 1. The maximum atomic E-state index is 11.9. The second kappa shape index (κ2) is 4.97. The van der Waals surface area contributed by atoms with Crippen LogP contribution in [0.25, 0.3) is 0 Å². The van der Waals surface area contributed by atoms with Gasteiger partial charge in [-0.05, 0) is 41.1 Å². The van der Waals surface area contributed by atoms with Crippen molar-refractivity contribution in [1.82, 2.24) is 15.2 Å². The predicted octanol–water partition coefficient (Wildman–Crippen LogP) is 2.89. The van der Waals surface area contributed by atoms with Gasteiger partial charge in [-0.15, -0.1) is 5.10 Å². The van der Waals surface area contributed by atoms with Crippen molar-refractivity contribution in [3.05, 3.63) is 38.5 Å². The van der Waals surface area contributed by atoms with Gasteiger partial charge in [0.2, 0.25) is 5.95 Å². The van der Waals surface area contributed by atoms with Crippen LogP contribution in [-0.4, -0.2) is 21.1 Å². The van der Waals surface area contributed by atoms with Crippen LogP contribution < -0.4 is 5.32 Å². The first kappa shape index (κ1) is 12.3. The normalized spacial score (nSPS) is 10.3. The highest BCUT2D eigenvalue weighted by atomic mass is 79.9. The molecule has 0 aliphatic rings. The van der Waals surface area contributed by atoms with Crippen molar-refractivity contribution in [2.24, 2.45) is 0 Å². The van der Waals surface area contributed by atoms with E-state index in [0.29, 0.717) is 15.9 Å². The Kier molecular flexibility index (Phi) is 3.58. The Morgan fingerprint density at radius 3 is 2.76 bits per heavy atom. The average molecular weight is 360 g/mol. The van der Waals surface area contributed by atoms with Crippen molar-refractivity contribution in [2.75, 3.05) is 5.32 Å². The molecule has 17 heavy (non-hydrogen) atoms. The molecular weight excluding hydrogens is 352 g/mol. The van der Waals surface area contributed by atoms with Gasteiger partial charge in [0.25, 0.3) is 5.91 Å². The summed E-state index contributed by atoms with van der Waals surface area (Å²) >= 11 is 6.65. The van der Waals surface area contributed by atoms with E-state index in [1.54, 1.807) is 25.1 Å². The smallest absolute Gasteiger partial charge is 0.259 e. The van der Waals surface area contributed by atoms with Gasteiger partial charge >= 0.3 is 0 Å². The number of aromatic nitrogens is 3. The lowest BCUT2D eigenvalue weighted by atomic mass is 10.2. The quantitative estimate of drug-likeness (QED) is 0.866. The summed E-state index contributed by atoms with van der Waals surface area (Å²) in [6, 6.07) is 5.31. The first-order chi connectivity index (χ1) is 8.06. The first-order valence-electron chi connectivity index (χ1n) is 4.71. The van der Waals surface area contributed by atoms with Crippen LogP contribution in [0.15, 0.2) is 27.1 Å². The van der Waals surface area contributed by atoms with Gasteiger partial charge in [-0.25, -0.2) is 0 Å². The number of anilines is 1. The minimum absolute atomic E-state index is 0.261. The standard InChI is InChI=1S/C10H8Br2N4O/c1-5-13-10(16-15-5)14-9(17)7-3-2-6(11)4-8(7)12/h2-4H,1H3,(H2,13,14,15,16,17). The number of hydrogen-bond donors (Lipinski definition) is 2. The maximum Gasteiger partial charge on any atom is 0.259 e. The third kappa shape index (κ3) is 2.92. The van der Waals surface area contributed by atoms with Gasteiger partial charge in [0.1, 0.15) is 5.82 Å². The van der Waals surface area contributed by atoms with Gasteiger partial charge in [0, 0.05) is 8.95 Å². The van der Waals surface area contributed by atoms with E-state index in [-0.39, 0.29) is 11.9 Å². The van der Waals surface area contributed by atoms with Crippen LogP contribution in [0.4, 0.5) is 5.95 Å². The van der Waals surface area contributed by atoms with E-state index in [0.717, 1.165) is 4.47 Å². The molecular formula is C10H8Br2N4O. The van der Waals surface area contributed by atoms with Gasteiger partial charge in [-0.2, -0.15) is 4.98 Å². The van der Waals surface area contributed by atoms with Crippen molar-refractivity contribution in [3.8, 4) is 0 Å². The molecule has 0 saturated carbocycles. The summed E-state index contributed by atoms with van der Waals surface area (Å²) in [6.45, 7) is 1.76. The molecule has 0 unspecified atom stereocenters. The maximum absolute atomic E-state index is 11.9. The zero-order valence-electron chi connectivity index (χ0n) is 8.79. The van der Waals surface area contributed by atoms with Gasteiger partial charge in [0.15, 0.2) is 0 Å². The highest BCUT2D eigenvalue weighted by molar-refractivity contribution is 9.11. The van der Waals surface area contributed by atoms with Crippen LogP contribution in [0.2, 0.25) is 0 Å². The van der Waals surface area contributed by atoms with E-state index in [1.807, 2.05) is 0 Å². The van der Waals surface area contributed by atoms with Crippen molar-refractivity contribution in [1.29, 1.82) is 0 Å². The SMILES string of the molecule is Cc1nc(NC(=O)c2ccc(Br)cc2Br)n[nH]1. The fourth-order valence-electron chi connectivity index (χ4n) is 1.24. The van der Waals surface area contributed by atoms with E-state index >= 15 is 0 Å². The van der Waals surface area contributed by atoms with E-state index in [2.05, 4.69) is 52.4 Å². The molecule has 5 nitrogen and oxygen atoms in total. The van der Waals surface area contributed by atoms with Crippen molar-refractivity contribution >= 4 is 43.7 Å². The molecule has 1 aromatic heterocycles. The number of nitrogens with one attached hydrogen (secondary N) is 2. The van der Waals surface area contributed by atoms with Crippen molar-refractivity contribution in [3.63, 3.8) is 0 Å². The molecule has 0 spiro atoms. The van der Waals surface area contributed by atoms with E-state index in [9.17, 15) is 4.79 Å². The monoisotopic (exact) mass is 358 g/mol. The summed E-state index contributed by atoms with van der Waals surface area (Å²) in [6.07, 6.45) is 0. The molecule has 0 aliphatic heterocycles. The largest absolute Gasteiger partial charge is 0.289 e. The highest BCUT2D eigenvalue weighted by Gasteiger charge is 2.12. The Labute approximate surface area is 114 Å². The highest BCUT2D eigenvalue weighted by Crippen LogP contribution is 2.22. The van der Waals surface area contributed by atoms with Crippen LogP contribution in [-0.2, 0) is 0 Å². The Balaban J connectivity index is 2.20. The summed E-state index contributed by atoms with van der Waals surface area (Å²) < 4.78 is 1.60. The minimum atomic E-state index is -0.261. The molecule has 2 N–H and O–H groups in total. The summed E-state index contributed by atoms with van der Waals surface area (Å²) in [5, 5.41) is 9.09. The summed E-state index contributed by atoms with van der Waals surface area (Å²) in [5.41, 5.74) is 0.524.